The van der Waals surface area contributed by atoms with Crippen molar-refractivity contribution in [3.05, 3.63) is 0 Å². The molecule has 0 aromatic heterocycles. The van der Waals surface area contributed by atoms with Gasteiger partial charge in [-0.2, -0.15) is 0 Å². The molecule has 0 fully saturated rings. The third-order valence-corrected chi connectivity index (χ3v) is 0. The van der Waals surface area contributed by atoms with E-state index in [0.717, 1.165) is 0 Å². The van der Waals surface area contributed by atoms with Crippen molar-refractivity contribution >= 4 is 0 Å². The van der Waals surface area contributed by atoms with E-state index in [1.165, 1.54) is 0 Å². The quantitative estimate of drug-likeness (QED) is 0.416. The van der Waals surface area contributed by atoms with Crippen LogP contribution >= 0.6 is 0 Å². The van der Waals surface area contributed by atoms with Crippen molar-refractivity contribution in [2.45, 2.75) is 0 Å². The molecule has 0 bridgehead atoms. The van der Waals surface area contributed by atoms with E-state index < -0.39 is 0 Å². The van der Waals surface area contributed by atoms with Gasteiger partial charge in [0.05, 0.1) is 0 Å². The summed E-state index contributed by atoms with van der Waals surface area (Å²) in [5, 5.41) is 0. The maximum Gasteiger partial charge on any atom is 3.00 e. The van der Waals surface area contributed by atoms with E-state index in [9.17, 15) is 0 Å². The maximum absolute atomic E-state index is 0. The Morgan fingerprint density at radius 1 is 0.750 bits per heavy atom. The smallest absolute Gasteiger partial charge is 1.00 e. The fraction of sp³-hybridized carbons (Fsp3) is 0. The SMILES string of the molecule is [Br-].[Br-].[F-].[Nd+3]. The van der Waals surface area contributed by atoms with Crippen LogP contribution in [0.4, 0.5) is 0 Å². The van der Waals surface area contributed by atoms with Gasteiger partial charge in [0.1, 0.15) is 0 Å². The van der Waals surface area contributed by atoms with Gasteiger partial charge in [-0.15, -0.1) is 0 Å². The van der Waals surface area contributed by atoms with Crippen LogP contribution in [0.15, 0.2) is 0 Å². The third-order valence-electron chi connectivity index (χ3n) is 0. The van der Waals surface area contributed by atoms with E-state index in [0.29, 0.717) is 0 Å². The molecular formula is Br2FNd. The second-order valence-corrected chi connectivity index (χ2v) is 0. The molecule has 0 saturated carbocycles. The second kappa shape index (κ2) is 18.8. The van der Waals surface area contributed by atoms with Crippen LogP contribution in [0.5, 0.6) is 0 Å². The molecule has 0 rings (SSSR count). The average Bonchev–Trinajstić information content (AvgIpc) is 0. The fourth-order valence-electron chi connectivity index (χ4n) is 0. The van der Waals surface area contributed by atoms with Crippen molar-refractivity contribution in [2.75, 3.05) is 0 Å². The van der Waals surface area contributed by atoms with Crippen LogP contribution in [-0.4, -0.2) is 0 Å². The molecule has 0 N–H and O–H groups in total. The van der Waals surface area contributed by atoms with Gasteiger partial charge in [0.15, 0.2) is 0 Å². The molecule has 0 saturated heterocycles. The minimum atomic E-state index is 0. The first-order chi connectivity index (χ1) is 0. The second-order valence-electron chi connectivity index (χ2n) is 0. The molecule has 0 unspecified atom stereocenters. The van der Waals surface area contributed by atoms with Gasteiger partial charge in [-0.25, -0.2) is 0 Å². The van der Waals surface area contributed by atoms with Crippen molar-refractivity contribution in [2.24, 2.45) is 0 Å². The normalized spacial score (nSPS) is 0. The van der Waals surface area contributed by atoms with Crippen LogP contribution < -0.4 is 38.7 Å². The summed E-state index contributed by atoms with van der Waals surface area (Å²) in [6, 6.07) is 0. The Hall–Kier alpha value is 2.24. The zero-order valence-electron chi connectivity index (χ0n) is 1.63. The summed E-state index contributed by atoms with van der Waals surface area (Å²) in [7, 11) is 0. The van der Waals surface area contributed by atoms with Gasteiger partial charge in [-0.05, 0) is 0 Å². The molecule has 0 amide bonds. The van der Waals surface area contributed by atoms with Crippen LogP contribution in [0, 0.1) is 40.8 Å². The summed E-state index contributed by atoms with van der Waals surface area (Å²) in [4.78, 5) is 0. The average molecular weight is 323 g/mol. The number of hydrogen-bond donors (Lipinski definition) is 0. The number of hydrogen-bond acceptors (Lipinski definition) is 0. The third kappa shape index (κ3) is 8.87. The van der Waals surface area contributed by atoms with Gasteiger partial charge in [-0.1, -0.05) is 0 Å². The summed E-state index contributed by atoms with van der Waals surface area (Å²) >= 11 is 0. The van der Waals surface area contributed by atoms with Crippen molar-refractivity contribution in [3.8, 4) is 0 Å². The van der Waals surface area contributed by atoms with E-state index in [-0.39, 0.29) is 79.5 Å². The largest absolute Gasteiger partial charge is 3.00 e. The number of halogens is 3. The summed E-state index contributed by atoms with van der Waals surface area (Å²) in [5.74, 6) is 0. The van der Waals surface area contributed by atoms with E-state index in [1.54, 1.807) is 0 Å². The first-order valence-corrected chi connectivity index (χ1v) is 0. The fourth-order valence-corrected chi connectivity index (χ4v) is 0. The zero-order valence-corrected chi connectivity index (χ0v) is 8.01. The molecule has 0 heterocycles. The standard InChI is InChI=1S/2BrH.FH.Nd/h3*1H;/q;;;+3/p-3. The summed E-state index contributed by atoms with van der Waals surface area (Å²) in [5.41, 5.74) is 0. The molecular weight excluding hydrogens is 323 g/mol. The zero-order chi connectivity index (χ0) is 0. The summed E-state index contributed by atoms with van der Waals surface area (Å²) < 4.78 is 0. The Morgan fingerprint density at radius 2 is 0.750 bits per heavy atom. The molecule has 0 aliphatic heterocycles. The summed E-state index contributed by atoms with van der Waals surface area (Å²) in [6.45, 7) is 0. The Morgan fingerprint density at radius 3 is 0.750 bits per heavy atom. The first-order valence-electron chi connectivity index (χ1n) is 0. The maximum atomic E-state index is 0. The van der Waals surface area contributed by atoms with Crippen LogP contribution in [-0.2, 0) is 0 Å². The van der Waals surface area contributed by atoms with Crippen molar-refractivity contribution in [3.63, 3.8) is 0 Å². The van der Waals surface area contributed by atoms with E-state index in [1.807, 2.05) is 0 Å². The predicted molar refractivity (Wildman–Crippen MR) is 0 cm³/mol. The van der Waals surface area contributed by atoms with Gasteiger partial charge in [0, 0.05) is 0 Å². The molecule has 0 aromatic rings. The van der Waals surface area contributed by atoms with Gasteiger partial charge in [0.25, 0.3) is 0 Å². The van der Waals surface area contributed by atoms with Crippen molar-refractivity contribution in [1.82, 2.24) is 0 Å². The molecule has 1 radical (unpaired) electrons. The van der Waals surface area contributed by atoms with Crippen molar-refractivity contribution in [1.29, 1.82) is 0 Å². The molecule has 25 valence electrons. The van der Waals surface area contributed by atoms with Crippen LogP contribution in [0.25, 0.3) is 0 Å². The molecule has 0 aliphatic carbocycles. The van der Waals surface area contributed by atoms with E-state index in [4.69, 9.17) is 0 Å². The van der Waals surface area contributed by atoms with E-state index in [2.05, 4.69) is 0 Å². The minimum absolute atomic E-state index is 0. The number of rotatable bonds is 0. The molecule has 0 aliphatic rings. The minimum Gasteiger partial charge on any atom is -1.00 e. The first kappa shape index (κ1) is 34.1. The van der Waals surface area contributed by atoms with Gasteiger partial charge in [0.2, 0.25) is 0 Å². The topological polar surface area (TPSA) is 0 Å². The molecule has 4 heteroatoms. The monoisotopic (exact) mass is 319 g/mol. The van der Waals surface area contributed by atoms with Gasteiger partial charge in [-0.3, -0.25) is 0 Å². The predicted octanol–water partition coefficient (Wildman–Crippen LogP) is -8.99. The van der Waals surface area contributed by atoms with E-state index >= 15 is 0 Å². The van der Waals surface area contributed by atoms with Gasteiger partial charge >= 0.3 is 40.8 Å². The molecule has 0 atom stereocenters. The Kier molecular flexibility index (Phi) is 160. The van der Waals surface area contributed by atoms with Crippen LogP contribution in [0.3, 0.4) is 0 Å². The molecule has 0 nitrogen and oxygen atoms in total. The van der Waals surface area contributed by atoms with Crippen LogP contribution in [0.1, 0.15) is 0 Å². The molecule has 0 spiro atoms. The van der Waals surface area contributed by atoms with Gasteiger partial charge < -0.3 is 38.7 Å². The molecule has 0 aromatic carbocycles. The summed E-state index contributed by atoms with van der Waals surface area (Å²) in [6.07, 6.45) is 0. The molecule has 4 heavy (non-hydrogen) atoms. The Labute approximate surface area is 78.2 Å². The Bertz CT molecular complexity index is 6.00. The van der Waals surface area contributed by atoms with Crippen molar-refractivity contribution < 1.29 is 79.5 Å². The van der Waals surface area contributed by atoms with Crippen LogP contribution in [0.2, 0.25) is 0 Å². The Balaban J connectivity index is 0.